The number of carbonyl (C=O) groups is 1. The molecule has 0 saturated carbocycles. The minimum atomic E-state index is -0.183. The van der Waals surface area contributed by atoms with Crippen molar-refractivity contribution in [2.75, 3.05) is 26.3 Å². The minimum absolute atomic E-state index is 0.183. The van der Waals surface area contributed by atoms with Crippen LogP contribution in [0.5, 0.6) is 0 Å². The van der Waals surface area contributed by atoms with E-state index in [-0.39, 0.29) is 5.91 Å². The lowest BCUT2D eigenvalue weighted by Crippen LogP contribution is -2.46. The summed E-state index contributed by atoms with van der Waals surface area (Å²) in [6.07, 6.45) is 4.89. The van der Waals surface area contributed by atoms with E-state index in [9.17, 15) is 4.79 Å². The summed E-state index contributed by atoms with van der Waals surface area (Å²) in [6, 6.07) is 7.67. The van der Waals surface area contributed by atoms with E-state index in [2.05, 4.69) is 20.4 Å². The highest BCUT2D eigenvalue weighted by Gasteiger charge is 2.25. The summed E-state index contributed by atoms with van der Waals surface area (Å²) in [5.41, 5.74) is 2.21. The normalized spacial score (nSPS) is 19.5. The number of amides is 1. The number of hydrogen-bond acceptors (Lipinski definition) is 6. The Bertz CT molecular complexity index is 788. The molecule has 8 heteroatoms. The lowest BCUT2D eigenvalue weighted by molar-refractivity contribution is -0.115. The molecule has 1 amide bonds. The second-order valence-electron chi connectivity index (χ2n) is 5.45. The Balaban J connectivity index is 1.54. The third-order valence-electron chi connectivity index (χ3n) is 3.87. The van der Waals surface area contributed by atoms with Crippen LogP contribution in [-0.2, 0) is 9.53 Å². The predicted molar refractivity (Wildman–Crippen MR) is 87.3 cm³/mol. The highest BCUT2D eigenvalue weighted by molar-refractivity contribution is 6.13. The van der Waals surface area contributed by atoms with Gasteiger partial charge in [0.1, 0.15) is 18.4 Å². The molecule has 2 aliphatic heterocycles. The third kappa shape index (κ3) is 2.91. The van der Waals surface area contributed by atoms with Gasteiger partial charge in [-0.2, -0.15) is 5.10 Å². The lowest BCUT2D eigenvalue weighted by atomic mass is 10.2. The number of carbonyl (C=O) groups excluding carboxylic acids is 1. The number of rotatable bonds is 2. The Labute approximate surface area is 138 Å². The van der Waals surface area contributed by atoms with Gasteiger partial charge in [0, 0.05) is 13.1 Å². The zero-order valence-electron chi connectivity index (χ0n) is 12.9. The number of ether oxygens (including phenoxy) is 1. The van der Waals surface area contributed by atoms with E-state index in [0.717, 1.165) is 24.3 Å². The Morgan fingerprint density at radius 1 is 1.17 bits per heavy atom. The molecule has 122 valence electrons. The first-order chi connectivity index (χ1) is 11.8. The molecule has 1 fully saturated rings. The molecule has 1 saturated heterocycles. The molecule has 0 spiro atoms. The molecule has 0 unspecified atom stereocenters. The number of nitrogens with zero attached hydrogens (tertiary/aromatic N) is 5. The van der Waals surface area contributed by atoms with E-state index in [1.165, 1.54) is 6.33 Å². The third-order valence-corrected chi connectivity index (χ3v) is 3.87. The van der Waals surface area contributed by atoms with E-state index in [1.807, 2.05) is 29.2 Å². The Hall–Kier alpha value is -3.00. The molecule has 0 bridgehead atoms. The maximum absolute atomic E-state index is 12.1. The van der Waals surface area contributed by atoms with Crippen molar-refractivity contribution in [3.05, 3.63) is 48.2 Å². The average Bonchev–Trinajstić information content (AvgIpc) is 3.27. The summed E-state index contributed by atoms with van der Waals surface area (Å²) >= 11 is 0. The van der Waals surface area contributed by atoms with Crippen LogP contribution in [0.4, 0.5) is 0 Å². The summed E-state index contributed by atoms with van der Waals surface area (Å²) in [4.78, 5) is 22.5. The maximum atomic E-state index is 12.1. The number of aromatic nitrogens is 3. The summed E-state index contributed by atoms with van der Waals surface area (Å²) in [6.45, 7) is 2.77. The maximum Gasteiger partial charge on any atom is 0.276 e. The predicted octanol–water partition coefficient (Wildman–Crippen LogP) is 0.426. The van der Waals surface area contributed by atoms with Gasteiger partial charge < -0.3 is 9.64 Å². The standard InChI is InChI=1S/C16H16N6O2/c23-15-14(19-16(20-15)21-5-7-24-8-6-21)9-12-1-3-13(4-2-12)22-11-17-10-18-22/h1-4,9-11H,5-8H2,(H,19,20,23)/b14-9+. The molecule has 8 nitrogen and oxygen atoms in total. The van der Waals surface area contributed by atoms with Gasteiger partial charge in [0.15, 0.2) is 0 Å². The topological polar surface area (TPSA) is 84.6 Å². The first-order valence-electron chi connectivity index (χ1n) is 7.69. The van der Waals surface area contributed by atoms with E-state index in [0.29, 0.717) is 24.9 Å². The number of guanidine groups is 1. The highest BCUT2D eigenvalue weighted by Crippen LogP contribution is 2.15. The molecule has 0 radical (unpaired) electrons. The Kier molecular flexibility index (Phi) is 3.80. The van der Waals surface area contributed by atoms with Gasteiger partial charge in [-0.3, -0.25) is 10.1 Å². The van der Waals surface area contributed by atoms with Gasteiger partial charge in [0.05, 0.1) is 18.9 Å². The largest absolute Gasteiger partial charge is 0.378 e. The average molecular weight is 324 g/mol. The molecule has 1 aromatic carbocycles. The lowest BCUT2D eigenvalue weighted by Gasteiger charge is -2.27. The Morgan fingerprint density at radius 3 is 2.67 bits per heavy atom. The van der Waals surface area contributed by atoms with Crippen molar-refractivity contribution >= 4 is 17.9 Å². The zero-order chi connectivity index (χ0) is 16.4. The van der Waals surface area contributed by atoms with E-state index in [1.54, 1.807) is 17.1 Å². The molecule has 1 N–H and O–H groups in total. The van der Waals surface area contributed by atoms with Crippen molar-refractivity contribution in [1.29, 1.82) is 0 Å². The SMILES string of the molecule is O=C1NC(N2CCOCC2)=N/C1=C/c1ccc(-n2cncn2)cc1. The van der Waals surface area contributed by atoms with Crippen molar-refractivity contribution in [3.8, 4) is 5.69 Å². The summed E-state index contributed by atoms with van der Waals surface area (Å²) in [7, 11) is 0. The summed E-state index contributed by atoms with van der Waals surface area (Å²) < 4.78 is 6.99. The van der Waals surface area contributed by atoms with Crippen molar-refractivity contribution < 1.29 is 9.53 Å². The molecule has 2 aromatic rings. The molecular weight excluding hydrogens is 308 g/mol. The Morgan fingerprint density at radius 2 is 1.96 bits per heavy atom. The first-order valence-corrected chi connectivity index (χ1v) is 7.69. The molecule has 0 atom stereocenters. The fourth-order valence-electron chi connectivity index (χ4n) is 2.60. The van der Waals surface area contributed by atoms with Crippen LogP contribution in [0.1, 0.15) is 5.56 Å². The van der Waals surface area contributed by atoms with Gasteiger partial charge >= 0.3 is 0 Å². The number of nitrogens with one attached hydrogen (secondary N) is 1. The van der Waals surface area contributed by atoms with Crippen LogP contribution in [0.3, 0.4) is 0 Å². The van der Waals surface area contributed by atoms with Gasteiger partial charge in [0.25, 0.3) is 5.91 Å². The molecule has 24 heavy (non-hydrogen) atoms. The number of morpholine rings is 1. The number of hydrogen-bond donors (Lipinski definition) is 1. The molecule has 3 heterocycles. The minimum Gasteiger partial charge on any atom is -0.378 e. The number of aliphatic imine (C=N–C) groups is 1. The van der Waals surface area contributed by atoms with Crippen LogP contribution in [0.2, 0.25) is 0 Å². The molecule has 4 rings (SSSR count). The van der Waals surface area contributed by atoms with Crippen LogP contribution in [0, 0.1) is 0 Å². The summed E-state index contributed by atoms with van der Waals surface area (Å²) in [5, 5.41) is 6.90. The monoisotopic (exact) mass is 324 g/mol. The van der Waals surface area contributed by atoms with E-state index in [4.69, 9.17) is 4.74 Å². The van der Waals surface area contributed by atoms with Crippen molar-refractivity contribution in [2.45, 2.75) is 0 Å². The van der Waals surface area contributed by atoms with Gasteiger partial charge in [-0.1, -0.05) is 12.1 Å². The van der Waals surface area contributed by atoms with Crippen molar-refractivity contribution in [1.82, 2.24) is 25.0 Å². The van der Waals surface area contributed by atoms with Gasteiger partial charge in [0.2, 0.25) is 5.96 Å². The van der Waals surface area contributed by atoms with E-state index >= 15 is 0 Å². The van der Waals surface area contributed by atoms with Crippen molar-refractivity contribution in [3.63, 3.8) is 0 Å². The van der Waals surface area contributed by atoms with E-state index < -0.39 is 0 Å². The van der Waals surface area contributed by atoms with Crippen LogP contribution < -0.4 is 5.32 Å². The van der Waals surface area contributed by atoms with Gasteiger partial charge in [-0.25, -0.2) is 14.7 Å². The first kappa shape index (κ1) is 14.6. The fraction of sp³-hybridized carbons (Fsp3) is 0.250. The van der Waals surface area contributed by atoms with Crippen LogP contribution in [-0.4, -0.2) is 57.8 Å². The summed E-state index contributed by atoms with van der Waals surface area (Å²) in [5.74, 6) is 0.422. The van der Waals surface area contributed by atoms with Crippen LogP contribution in [0.15, 0.2) is 47.6 Å². The second kappa shape index (κ2) is 6.25. The van der Waals surface area contributed by atoms with Gasteiger partial charge in [-0.15, -0.1) is 0 Å². The van der Waals surface area contributed by atoms with Crippen LogP contribution >= 0.6 is 0 Å². The fourth-order valence-corrected chi connectivity index (χ4v) is 2.60. The van der Waals surface area contributed by atoms with Crippen LogP contribution in [0.25, 0.3) is 11.8 Å². The van der Waals surface area contributed by atoms with Gasteiger partial charge in [-0.05, 0) is 23.8 Å². The second-order valence-corrected chi connectivity index (χ2v) is 5.45. The van der Waals surface area contributed by atoms with Crippen molar-refractivity contribution in [2.24, 2.45) is 4.99 Å². The molecule has 2 aliphatic rings. The molecule has 0 aliphatic carbocycles. The zero-order valence-corrected chi connectivity index (χ0v) is 12.9. The highest BCUT2D eigenvalue weighted by atomic mass is 16.5. The smallest absolute Gasteiger partial charge is 0.276 e. The molecule has 1 aromatic heterocycles. The number of benzene rings is 1. The molecular formula is C16H16N6O2. The quantitative estimate of drug-likeness (QED) is 0.810.